The largest absolute Gasteiger partial charge is 0.420 e. The lowest BCUT2D eigenvalue weighted by atomic mass is 9.87. The molecule has 0 N–H and O–H groups in total. The first kappa shape index (κ1) is 13.7. The topological polar surface area (TPSA) is 35.1 Å². The summed E-state index contributed by atoms with van der Waals surface area (Å²) in [5.74, 6) is -1.69. The van der Waals surface area contributed by atoms with Gasteiger partial charge in [-0.25, -0.2) is 18.0 Å². The summed E-state index contributed by atoms with van der Waals surface area (Å²) in [6.07, 6.45) is -2.71. The molecule has 3 nitrogen and oxygen atoms in total. The minimum atomic E-state index is -2.71. The average Bonchev–Trinajstić information content (AvgIpc) is 2.55. The van der Waals surface area contributed by atoms with Gasteiger partial charge in [0.15, 0.2) is 11.4 Å². The van der Waals surface area contributed by atoms with E-state index >= 15 is 0 Å². The van der Waals surface area contributed by atoms with E-state index < -0.39 is 24.5 Å². The Morgan fingerprint density at radius 2 is 1.95 bits per heavy atom. The van der Waals surface area contributed by atoms with Gasteiger partial charge < -0.3 is 4.42 Å². The van der Waals surface area contributed by atoms with Gasteiger partial charge in [0.2, 0.25) is 0 Å². The van der Waals surface area contributed by atoms with E-state index in [9.17, 15) is 18.0 Å². The molecular weight excluding hydrogens is 259 g/mol. The van der Waals surface area contributed by atoms with Gasteiger partial charge in [0.25, 0.3) is 6.43 Å². The summed E-state index contributed by atoms with van der Waals surface area (Å²) in [7, 11) is 0. The summed E-state index contributed by atoms with van der Waals surface area (Å²) in [4.78, 5) is 11.5. The molecule has 0 bridgehead atoms. The molecule has 1 aromatic heterocycles. The number of hydrogen-bond donors (Lipinski definition) is 0. The number of alkyl halides is 2. The highest BCUT2D eigenvalue weighted by atomic mass is 19.3. The van der Waals surface area contributed by atoms with E-state index in [0.717, 1.165) is 4.57 Å². The van der Waals surface area contributed by atoms with Crippen LogP contribution in [0.4, 0.5) is 13.2 Å². The smallest absolute Gasteiger partial charge is 0.405 e. The lowest BCUT2D eigenvalue weighted by molar-refractivity contribution is 0.125. The van der Waals surface area contributed by atoms with Gasteiger partial charge in [-0.15, -0.1) is 0 Å². The Kier molecular flexibility index (Phi) is 3.20. The van der Waals surface area contributed by atoms with Crippen LogP contribution < -0.4 is 5.76 Å². The van der Waals surface area contributed by atoms with Crippen molar-refractivity contribution in [3.8, 4) is 0 Å². The van der Waals surface area contributed by atoms with Crippen molar-refractivity contribution in [2.45, 2.75) is 39.2 Å². The maximum Gasteiger partial charge on any atom is 0.420 e. The molecule has 0 aliphatic carbocycles. The maximum absolute atomic E-state index is 13.9. The predicted molar refractivity (Wildman–Crippen MR) is 65.1 cm³/mol. The molecule has 6 heteroatoms. The van der Waals surface area contributed by atoms with E-state index in [4.69, 9.17) is 4.42 Å². The van der Waals surface area contributed by atoms with Gasteiger partial charge in [-0.1, -0.05) is 20.8 Å². The van der Waals surface area contributed by atoms with Crippen LogP contribution in [0, 0.1) is 5.82 Å². The van der Waals surface area contributed by atoms with E-state index in [2.05, 4.69) is 0 Å². The van der Waals surface area contributed by atoms with E-state index in [0.29, 0.717) is 5.56 Å². The first-order valence-electron chi connectivity index (χ1n) is 5.81. The zero-order valence-electron chi connectivity index (χ0n) is 10.8. The SMILES string of the molecule is CC(C)(C)c1cc(F)c2oc(=O)n(CC(F)F)c2c1. The Labute approximate surface area is 107 Å². The zero-order chi connectivity index (χ0) is 14.4. The molecule has 0 radical (unpaired) electrons. The molecule has 0 saturated heterocycles. The molecule has 2 rings (SSSR count). The third kappa shape index (κ3) is 2.52. The van der Waals surface area contributed by atoms with Crippen molar-refractivity contribution >= 4 is 11.1 Å². The van der Waals surface area contributed by atoms with Crippen molar-refractivity contribution in [3.63, 3.8) is 0 Å². The molecular formula is C13H14F3NO2. The highest BCUT2D eigenvalue weighted by Crippen LogP contribution is 2.28. The normalized spacial score (nSPS) is 12.6. The van der Waals surface area contributed by atoms with E-state index in [1.165, 1.54) is 12.1 Å². The second-order valence-electron chi connectivity index (χ2n) is 5.43. The highest BCUT2D eigenvalue weighted by molar-refractivity contribution is 5.75. The molecule has 0 saturated carbocycles. The van der Waals surface area contributed by atoms with E-state index in [1.807, 2.05) is 20.8 Å². The molecule has 0 spiro atoms. The van der Waals surface area contributed by atoms with Gasteiger partial charge in [0.1, 0.15) is 0 Å². The second-order valence-corrected chi connectivity index (χ2v) is 5.43. The molecule has 0 fully saturated rings. The molecule has 0 aliphatic heterocycles. The van der Waals surface area contributed by atoms with E-state index in [-0.39, 0.29) is 16.5 Å². The van der Waals surface area contributed by atoms with Crippen LogP contribution in [0.15, 0.2) is 21.3 Å². The molecule has 0 atom stereocenters. The van der Waals surface area contributed by atoms with Gasteiger partial charge in [-0.3, -0.25) is 4.57 Å². The number of aromatic nitrogens is 1. The summed E-state index contributed by atoms with van der Waals surface area (Å²) >= 11 is 0. The Morgan fingerprint density at radius 1 is 1.32 bits per heavy atom. The van der Waals surface area contributed by atoms with Crippen molar-refractivity contribution in [2.24, 2.45) is 0 Å². The summed E-state index contributed by atoms with van der Waals surface area (Å²) in [5, 5.41) is 0. The number of rotatable bonds is 2. The molecule has 2 aromatic rings. The quantitative estimate of drug-likeness (QED) is 0.841. The number of fused-ring (bicyclic) bond motifs is 1. The molecule has 1 heterocycles. The minimum absolute atomic E-state index is 0.0650. The lowest BCUT2D eigenvalue weighted by Crippen LogP contribution is -2.19. The van der Waals surface area contributed by atoms with Gasteiger partial charge in [-0.05, 0) is 23.1 Å². The van der Waals surface area contributed by atoms with Crippen LogP contribution in [-0.4, -0.2) is 11.0 Å². The van der Waals surface area contributed by atoms with Crippen LogP contribution in [0.1, 0.15) is 26.3 Å². The van der Waals surface area contributed by atoms with E-state index in [1.54, 1.807) is 0 Å². The molecule has 0 amide bonds. The predicted octanol–water partition coefficient (Wildman–Crippen LogP) is 3.30. The van der Waals surface area contributed by atoms with Crippen molar-refractivity contribution in [2.75, 3.05) is 0 Å². The van der Waals surface area contributed by atoms with Gasteiger partial charge in [0.05, 0.1) is 12.1 Å². The third-order valence-electron chi connectivity index (χ3n) is 2.91. The van der Waals surface area contributed by atoms with Crippen LogP contribution in [0.3, 0.4) is 0 Å². The number of benzene rings is 1. The number of nitrogens with zero attached hydrogens (tertiary/aromatic N) is 1. The average molecular weight is 273 g/mol. The third-order valence-corrected chi connectivity index (χ3v) is 2.91. The Morgan fingerprint density at radius 3 is 2.47 bits per heavy atom. The zero-order valence-corrected chi connectivity index (χ0v) is 10.8. The summed E-state index contributed by atoms with van der Waals surface area (Å²) in [6, 6.07) is 2.78. The van der Waals surface area contributed by atoms with Crippen molar-refractivity contribution in [1.82, 2.24) is 4.57 Å². The Balaban J connectivity index is 2.74. The first-order valence-corrected chi connectivity index (χ1v) is 5.81. The first-order chi connectivity index (χ1) is 8.70. The summed E-state index contributed by atoms with van der Waals surface area (Å²) < 4.78 is 44.2. The van der Waals surface area contributed by atoms with Crippen molar-refractivity contribution in [3.05, 3.63) is 34.1 Å². The van der Waals surface area contributed by atoms with Crippen LogP contribution in [-0.2, 0) is 12.0 Å². The van der Waals surface area contributed by atoms with Crippen molar-refractivity contribution in [1.29, 1.82) is 0 Å². The van der Waals surface area contributed by atoms with Crippen LogP contribution in [0.2, 0.25) is 0 Å². The van der Waals surface area contributed by atoms with Gasteiger partial charge >= 0.3 is 5.76 Å². The summed E-state index contributed by atoms with van der Waals surface area (Å²) in [6.45, 7) is 4.79. The molecule has 1 aromatic carbocycles. The Hall–Kier alpha value is -1.72. The summed E-state index contributed by atoms with van der Waals surface area (Å²) in [5.41, 5.74) is 0.0352. The fourth-order valence-corrected chi connectivity index (χ4v) is 1.87. The van der Waals surface area contributed by atoms with Crippen LogP contribution in [0.25, 0.3) is 11.1 Å². The Bertz CT molecular complexity index is 665. The van der Waals surface area contributed by atoms with Gasteiger partial charge in [-0.2, -0.15) is 0 Å². The van der Waals surface area contributed by atoms with Crippen LogP contribution in [0.5, 0.6) is 0 Å². The number of hydrogen-bond acceptors (Lipinski definition) is 2. The number of halogens is 3. The second kappa shape index (κ2) is 4.43. The maximum atomic E-state index is 13.9. The van der Waals surface area contributed by atoms with Crippen LogP contribution >= 0.6 is 0 Å². The van der Waals surface area contributed by atoms with Gasteiger partial charge in [0, 0.05) is 0 Å². The van der Waals surface area contributed by atoms with Crippen molar-refractivity contribution < 1.29 is 17.6 Å². The number of oxazole rings is 1. The molecule has 19 heavy (non-hydrogen) atoms. The fraction of sp³-hybridized carbons (Fsp3) is 0.462. The standard InChI is InChI=1S/C13H14F3NO2/c1-13(2,3)7-4-8(14)11-9(5-7)17(6-10(15)16)12(18)19-11/h4-5,10H,6H2,1-3H3. The molecule has 104 valence electrons. The monoisotopic (exact) mass is 273 g/mol. The highest BCUT2D eigenvalue weighted by Gasteiger charge is 2.21. The lowest BCUT2D eigenvalue weighted by Gasteiger charge is -2.19. The fourth-order valence-electron chi connectivity index (χ4n) is 1.87. The molecule has 0 aliphatic rings. The molecule has 0 unspecified atom stereocenters. The minimum Gasteiger partial charge on any atom is -0.405 e.